The highest BCUT2D eigenvalue weighted by atomic mass is 16.5. The third kappa shape index (κ3) is 6.25. The van der Waals surface area contributed by atoms with Crippen LogP contribution < -0.4 is 4.90 Å². The smallest absolute Gasteiger partial charge is 0.251 e. The Hall–Kier alpha value is -3.44. The summed E-state index contributed by atoms with van der Waals surface area (Å²) < 4.78 is 5.52. The lowest BCUT2D eigenvalue weighted by Crippen LogP contribution is -2.52. The van der Waals surface area contributed by atoms with Gasteiger partial charge in [0, 0.05) is 50.3 Å². The number of benzene rings is 1. The van der Waals surface area contributed by atoms with E-state index in [1.54, 1.807) is 30.5 Å². The number of aromatic nitrogens is 1. The van der Waals surface area contributed by atoms with Crippen molar-refractivity contribution in [3.63, 3.8) is 0 Å². The normalized spacial score (nSPS) is 20.8. The summed E-state index contributed by atoms with van der Waals surface area (Å²) >= 11 is 0. The van der Waals surface area contributed by atoms with Crippen LogP contribution >= 0.6 is 0 Å². The lowest BCUT2D eigenvalue weighted by molar-refractivity contribution is -0.136. The minimum absolute atomic E-state index is 0.0676. The molecule has 8 heteroatoms. The average molecular weight is 532 g/mol. The van der Waals surface area contributed by atoms with Crippen LogP contribution in [0.3, 0.4) is 0 Å². The number of hydrogen-bond donors (Lipinski definition) is 0. The lowest BCUT2D eigenvalue weighted by atomic mass is 9.87. The molecule has 0 bridgehead atoms. The predicted octanol–water partition coefficient (Wildman–Crippen LogP) is 4.81. The van der Waals surface area contributed by atoms with Gasteiger partial charge in [-0.1, -0.05) is 58.2 Å². The third-order valence-electron chi connectivity index (χ3n) is 8.22. The van der Waals surface area contributed by atoms with Crippen molar-refractivity contribution in [1.29, 1.82) is 5.26 Å². The van der Waals surface area contributed by atoms with Gasteiger partial charge in [-0.3, -0.25) is 24.4 Å². The number of pyridine rings is 1. The van der Waals surface area contributed by atoms with E-state index in [9.17, 15) is 14.9 Å². The molecule has 0 N–H and O–H groups in total. The van der Waals surface area contributed by atoms with Gasteiger partial charge in [-0.15, -0.1) is 0 Å². The van der Waals surface area contributed by atoms with Gasteiger partial charge in [0.05, 0.1) is 12.6 Å². The molecule has 2 aliphatic rings. The van der Waals surface area contributed by atoms with Crippen LogP contribution in [0, 0.1) is 11.5 Å². The van der Waals surface area contributed by atoms with E-state index in [2.05, 4.69) is 31.9 Å². The summed E-state index contributed by atoms with van der Waals surface area (Å²) in [5.74, 6) is -0.438. The molecule has 2 aromatic rings. The summed E-state index contributed by atoms with van der Waals surface area (Å²) in [7, 11) is 3.45. The monoisotopic (exact) mass is 531 g/mol. The summed E-state index contributed by atoms with van der Waals surface area (Å²) in [4.78, 5) is 38.0. The molecule has 0 radical (unpaired) electrons. The maximum atomic E-state index is 14.5. The quantitative estimate of drug-likeness (QED) is 0.476. The summed E-state index contributed by atoms with van der Waals surface area (Å²) in [6.07, 6.45) is 10.9. The summed E-state index contributed by atoms with van der Waals surface area (Å²) in [5, 5.41) is 9.86. The largest absolute Gasteiger partial charge is 0.379 e. The first kappa shape index (κ1) is 28.6. The van der Waals surface area contributed by atoms with Crippen LogP contribution in [0.5, 0.6) is 0 Å². The van der Waals surface area contributed by atoms with Crippen molar-refractivity contribution < 1.29 is 14.3 Å². The first-order valence-electron chi connectivity index (χ1n) is 13.9. The van der Waals surface area contributed by atoms with E-state index < -0.39 is 12.1 Å². The van der Waals surface area contributed by atoms with E-state index >= 15 is 0 Å². The number of carbonyl (C=O) groups is 2. The molecule has 39 heavy (non-hydrogen) atoms. The second kappa shape index (κ2) is 12.2. The molecule has 2 fully saturated rings. The Morgan fingerprint density at radius 2 is 1.82 bits per heavy atom. The van der Waals surface area contributed by atoms with E-state index in [0.717, 1.165) is 31.2 Å². The summed E-state index contributed by atoms with van der Waals surface area (Å²) in [5.41, 5.74) is 2.32. The molecule has 1 aromatic heterocycles. The maximum Gasteiger partial charge on any atom is 0.251 e. The number of likely N-dealkylation sites (N-methyl/N-ethyl adjacent to an activating group) is 1. The number of methoxy groups -OCH3 is 1. The number of ether oxygens (including phenoxy) is 1. The molecule has 1 unspecified atom stereocenters. The summed E-state index contributed by atoms with van der Waals surface area (Å²) in [6.45, 7) is 6.76. The van der Waals surface area contributed by atoms with Crippen molar-refractivity contribution in [1.82, 2.24) is 14.8 Å². The Kier molecular flexibility index (Phi) is 8.91. The Bertz CT molecular complexity index is 1170. The highest BCUT2D eigenvalue weighted by Crippen LogP contribution is 2.35. The van der Waals surface area contributed by atoms with Crippen LogP contribution in [0.1, 0.15) is 76.5 Å². The Morgan fingerprint density at radius 1 is 1.13 bits per heavy atom. The molecule has 1 aromatic carbocycles. The molecule has 2 amide bonds. The molecule has 1 saturated heterocycles. The van der Waals surface area contributed by atoms with E-state index in [1.807, 2.05) is 42.3 Å². The van der Waals surface area contributed by atoms with Crippen molar-refractivity contribution in [3.05, 3.63) is 59.9 Å². The van der Waals surface area contributed by atoms with Crippen molar-refractivity contribution in [2.24, 2.45) is 0 Å². The first-order valence-corrected chi connectivity index (χ1v) is 13.9. The van der Waals surface area contributed by atoms with Crippen molar-refractivity contribution >= 4 is 17.5 Å². The van der Waals surface area contributed by atoms with Gasteiger partial charge in [-0.2, -0.15) is 5.26 Å². The number of nitrogens with zero attached hydrogens (tertiary/aromatic N) is 5. The number of carbonyl (C=O) groups excluding carboxylic acids is 2. The highest BCUT2D eigenvalue weighted by Gasteiger charge is 2.44. The van der Waals surface area contributed by atoms with Gasteiger partial charge in [0.15, 0.2) is 6.19 Å². The minimum atomic E-state index is -0.916. The topological polar surface area (TPSA) is 89.8 Å². The minimum Gasteiger partial charge on any atom is -0.379 e. The van der Waals surface area contributed by atoms with Gasteiger partial charge in [0.25, 0.3) is 5.91 Å². The van der Waals surface area contributed by atoms with Gasteiger partial charge in [0.1, 0.15) is 12.1 Å². The van der Waals surface area contributed by atoms with E-state index in [1.165, 1.54) is 11.3 Å². The van der Waals surface area contributed by atoms with Gasteiger partial charge in [0.2, 0.25) is 5.91 Å². The standard InChI is InChI=1S/C31H41N5O3/c1-31(2,3)23-13-15-25(16-14-23)36(29(37)27-18-26(39-5)20-35(27)21-32)28(22-10-9-17-33-19-22)30(38)34(4)24-11-7-6-8-12-24/h9-10,13-17,19,24,26-28H,6-8,11-12,18,20H2,1-5H3/t26-,27+,28?/m0/s1. The molecule has 1 aliphatic carbocycles. The fourth-order valence-electron chi connectivity index (χ4n) is 5.78. The summed E-state index contributed by atoms with van der Waals surface area (Å²) in [6, 6.07) is 9.98. The van der Waals surface area contributed by atoms with Crippen molar-refractivity contribution in [2.75, 3.05) is 25.6 Å². The van der Waals surface area contributed by atoms with Gasteiger partial charge >= 0.3 is 0 Å². The molecular formula is C31H41N5O3. The number of rotatable bonds is 7. The van der Waals surface area contributed by atoms with Crippen LogP contribution in [0.2, 0.25) is 0 Å². The Morgan fingerprint density at radius 3 is 2.38 bits per heavy atom. The lowest BCUT2D eigenvalue weighted by Gasteiger charge is -2.39. The second-order valence-electron chi connectivity index (χ2n) is 11.8. The zero-order chi connectivity index (χ0) is 28.2. The Labute approximate surface area is 232 Å². The van der Waals surface area contributed by atoms with Crippen molar-refractivity contribution in [2.45, 2.75) is 88.9 Å². The molecule has 1 aliphatic heterocycles. The molecule has 208 valence electrons. The third-order valence-corrected chi connectivity index (χ3v) is 8.22. The van der Waals surface area contributed by atoms with Crippen LogP contribution in [0.25, 0.3) is 0 Å². The molecule has 4 rings (SSSR count). The second-order valence-corrected chi connectivity index (χ2v) is 11.8. The molecule has 8 nitrogen and oxygen atoms in total. The SMILES string of the molecule is CO[C@H]1C[C@H](C(=O)N(c2ccc(C(C)(C)C)cc2)C(C(=O)N(C)C2CCCCC2)c2cccnc2)N(C#N)C1. The molecule has 3 atom stereocenters. The zero-order valence-corrected chi connectivity index (χ0v) is 23.8. The number of likely N-dealkylation sites (tertiary alicyclic amines) is 1. The van der Waals surface area contributed by atoms with Gasteiger partial charge < -0.3 is 9.64 Å². The maximum absolute atomic E-state index is 14.5. The fourth-order valence-corrected chi connectivity index (χ4v) is 5.78. The van der Waals surface area contributed by atoms with E-state index in [4.69, 9.17) is 4.74 Å². The zero-order valence-electron chi connectivity index (χ0n) is 23.8. The molecule has 1 saturated carbocycles. The van der Waals surface area contributed by atoms with Gasteiger partial charge in [-0.25, -0.2) is 0 Å². The number of nitriles is 1. The molecule has 0 spiro atoms. The molecule has 2 heterocycles. The first-order chi connectivity index (χ1) is 18.7. The predicted molar refractivity (Wildman–Crippen MR) is 151 cm³/mol. The van der Waals surface area contributed by atoms with E-state index in [-0.39, 0.29) is 29.4 Å². The van der Waals surface area contributed by atoms with E-state index in [0.29, 0.717) is 24.2 Å². The number of anilines is 1. The highest BCUT2D eigenvalue weighted by molar-refractivity contribution is 6.04. The molecular weight excluding hydrogens is 490 g/mol. The van der Waals surface area contributed by atoms with Crippen molar-refractivity contribution in [3.8, 4) is 6.19 Å². The van der Waals surface area contributed by atoms with Crippen LogP contribution in [-0.4, -0.2) is 65.5 Å². The number of amides is 2. The van der Waals surface area contributed by atoms with Gasteiger partial charge in [-0.05, 0) is 42.0 Å². The Balaban J connectivity index is 1.82. The number of hydrogen-bond acceptors (Lipinski definition) is 6. The fraction of sp³-hybridized carbons (Fsp3) is 0.548. The van der Waals surface area contributed by atoms with Crippen LogP contribution in [0.4, 0.5) is 5.69 Å². The van der Waals surface area contributed by atoms with Crippen LogP contribution in [-0.2, 0) is 19.7 Å². The van der Waals surface area contributed by atoms with Crippen LogP contribution in [0.15, 0.2) is 48.8 Å². The average Bonchev–Trinajstić information content (AvgIpc) is 3.39.